The van der Waals surface area contributed by atoms with Crippen molar-refractivity contribution in [2.45, 2.75) is 65.7 Å². The molecule has 0 saturated heterocycles. The Morgan fingerprint density at radius 3 is 2.02 bits per heavy atom. The summed E-state index contributed by atoms with van der Waals surface area (Å²) in [4.78, 5) is 21.6. The summed E-state index contributed by atoms with van der Waals surface area (Å²) in [6.07, 6.45) is 3.44. The van der Waals surface area contributed by atoms with Crippen molar-refractivity contribution in [3.8, 4) is 23.0 Å². The zero-order chi connectivity index (χ0) is 37.8. The number of rotatable bonds is 13. The van der Waals surface area contributed by atoms with Gasteiger partial charge in [0, 0.05) is 12.1 Å². The molecule has 7 nitrogen and oxygen atoms in total. The van der Waals surface area contributed by atoms with Crippen molar-refractivity contribution in [3.63, 3.8) is 0 Å². The molecular formula is C44H51FN2O5. The minimum atomic E-state index is -0.391. The van der Waals surface area contributed by atoms with E-state index in [4.69, 9.17) is 19.9 Å². The minimum Gasteiger partial charge on any atom is -0.494 e. The van der Waals surface area contributed by atoms with E-state index in [1.165, 1.54) is 11.6 Å². The molecule has 3 N–H and O–H groups in total. The molecule has 5 aromatic carbocycles. The van der Waals surface area contributed by atoms with Gasteiger partial charge in [-0.15, -0.1) is 0 Å². The minimum absolute atomic E-state index is 0.0636. The molecule has 0 saturated carbocycles. The summed E-state index contributed by atoms with van der Waals surface area (Å²) < 4.78 is 30.4. The van der Waals surface area contributed by atoms with E-state index >= 15 is 0 Å². The Bertz CT molecular complexity index is 1800. The lowest BCUT2D eigenvalue weighted by atomic mass is 9.80. The van der Waals surface area contributed by atoms with Gasteiger partial charge in [-0.1, -0.05) is 87.5 Å². The number of primary amides is 1. The fraction of sp³-hybridized carbons (Fsp3) is 0.273. The summed E-state index contributed by atoms with van der Waals surface area (Å²) in [6, 6.07) is 39.0. The first-order valence-electron chi connectivity index (χ1n) is 17.6. The molecule has 0 bridgehead atoms. The Morgan fingerprint density at radius 1 is 0.769 bits per heavy atom. The van der Waals surface area contributed by atoms with E-state index in [0.29, 0.717) is 30.2 Å². The first-order valence-corrected chi connectivity index (χ1v) is 17.6. The number of hydrogen-bond donors (Lipinski definition) is 2. The van der Waals surface area contributed by atoms with Crippen LogP contribution in [-0.2, 0) is 11.8 Å². The first-order chi connectivity index (χ1) is 25.0. The summed E-state index contributed by atoms with van der Waals surface area (Å²) in [6.45, 7) is 11.8. The average Bonchev–Trinajstić information content (AvgIpc) is 3.14. The number of halogens is 1. The van der Waals surface area contributed by atoms with Crippen LogP contribution in [0.3, 0.4) is 0 Å². The molecule has 0 unspecified atom stereocenters. The molecular weight excluding hydrogens is 655 g/mol. The average molecular weight is 707 g/mol. The summed E-state index contributed by atoms with van der Waals surface area (Å²) in [5, 5.41) is 2.64. The van der Waals surface area contributed by atoms with Crippen LogP contribution in [0.5, 0.6) is 23.0 Å². The Morgan fingerprint density at radius 2 is 1.42 bits per heavy atom. The van der Waals surface area contributed by atoms with Crippen LogP contribution in [0, 0.1) is 12.7 Å². The Balaban J connectivity index is 0.000000260. The van der Waals surface area contributed by atoms with Crippen LogP contribution in [0.25, 0.3) is 0 Å². The van der Waals surface area contributed by atoms with Crippen molar-refractivity contribution < 1.29 is 28.2 Å². The third-order valence-corrected chi connectivity index (χ3v) is 7.96. The Kier molecular flexibility index (Phi) is 16.9. The van der Waals surface area contributed by atoms with Crippen molar-refractivity contribution >= 4 is 12.0 Å². The molecule has 0 aliphatic heterocycles. The van der Waals surface area contributed by atoms with Gasteiger partial charge >= 0.3 is 6.09 Å². The van der Waals surface area contributed by atoms with Gasteiger partial charge in [-0.05, 0) is 122 Å². The summed E-state index contributed by atoms with van der Waals surface area (Å²) in [5.41, 5.74) is 9.05. The normalized spacial score (nSPS) is 10.4. The largest absolute Gasteiger partial charge is 0.494 e. The molecule has 274 valence electrons. The molecule has 52 heavy (non-hydrogen) atoms. The number of nitrogens with one attached hydrogen (secondary N) is 1. The molecule has 5 rings (SSSR count). The fourth-order valence-corrected chi connectivity index (χ4v) is 5.10. The van der Waals surface area contributed by atoms with Crippen LogP contribution in [0.15, 0.2) is 127 Å². The van der Waals surface area contributed by atoms with E-state index in [1.807, 2.05) is 99.6 Å². The van der Waals surface area contributed by atoms with Crippen molar-refractivity contribution in [1.29, 1.82) is 0 Å². The number of para-hydroxylation sites is 1. The maximum atomic E-state index is 14.1. The van der Waals surface area contributed by atoms with Crippen molar-refractivity contribution in [2.75, 3.05) is 13.2 Å². The maximum absolute atomic E-state index is 14.1. The molecule has 0 fully saturated rings. The van der Waals surface area contributed by atoms with Crippen LogP contribution >= 0.6 is 0 Å². The van der Waals surface area contributed by atoms with E-state index in [9.17, 15) is 14.0 Å². The molecule has 2 amide bonds. The van der Waals surface area contributed by atoms with Gasteiger partial charge in [0.1, 0.15) is 17.2 Å². The van der Waals surface area contributed by atoms with Gasteiger partial charge in [0.2, 0.25) is 5.91 Å². The summed E-state index contributed by atoms with van der Waals surface area (Å²) in [5.74, 6) is 1.69. The van der Waals surface area contributed by atoms with Gasteiger partial charge in [-0.25, -0.2) is 9.18 Å². The number of benzene rings is 5. The highest BCUT2D eigenvalue weighted by Gasteiger charge is 2.20. The molecule has 0 aromatic heterocycles. The fourth-order valence-electron chi connectivity index (χ4n) is 5.10. The predicted molar refractivity (Wildman–Crippen MR) is 207 cm³/mol. The van der Waals surface area contributed by atoms with Crippen molar-refractivity contribution in [2.24, 2.45) is 5.73 Å². The van der Waals surface area contributed by atoms with E-state index < -0.39 is 6.09 Å². The smallest absolute Gasteiger partial charge is 0.412 e. The van der Waals surface area contributed by atoms with Gasteiger partial charge in [0.25, 0.3) is 0 Å². The molecule has 0 radical (unpaired) electrons. The van der Waals surface area contributed by atoms with E-state index in [1.54, 1.807) is 30.3 Å². The standard InChI is InChI=1S/C26H29FO2.C11H15NO2.C7H7NO/c1-4-28-22-15-13-21(14-16-22)26(2,3)18-8-9-20-12-17-24(27)25(19-20)29-23-10-6-5-7-11-23;1-3-7-12-11(13)14-10-6-4-5-9(2)8-10;8-7(9)6-4-2-1-3-5-6/h5-7,10-17,19H,4,8-9,18H2,1-3H3;4-6,8H,3,7H2,1-2H3,(H,12,13);1-5H,(H2,8,9). The molecule has 0 spiro atoms. The van der Waals surface area contributed by atoms with Crippen molar-refractivity contribution in [1.82, 2.24) is 5.32 Å². The zero-order valence-corrected chi connectivity index (χ0v) is 30.9. The predicted octanol–water partition coefficient (Wildman–Crippen LogP) is 10.6. The topological polar surface area (TPSA) is 99.9 Å². The number of aryl methyl sites for hydroxylation is 2. The number of amides is 2. The van der Waals surface area contributed by atoms with E-state index in [0.717, 1.165) is 42.6 Å². The maximum Gasteiger partial charge on any atom is 0.412 e. The molecule has 0 aliphatic rings. The van der Waals surface area contributed by atoms with Crippen LogP contribution in [0.2, 0.25) is 0 Å². The van der Waals surface area contributed by atoms with Crippen LogP contribution < -0.4 is 25.3 Å². The van der Waals surface area contributed by atoms with Crippen LogP contribution in [0.4, 0.5) is 9.18 Å². The van der Waals surface area contributed by atoms with Crippen molar-refractivity contribution in [3.05, 3.63) is 155 Å². The molecule has 0 atom stereocenters. The molecule has 5 aromatic rings. The monoisotopic (exact) mass is 706 g/mol. The number of carbonyl (C=O) groups is 2. The quantitative estimate of drug-likeness (QED) is 0.127. The first kappa shape index (κ1) is 40.8. The Hall–Kier alpha value is -5.63. The number of ether oxygens (including phenoxy) is 3. The summed E-state index contributed by atoms with van der Waals surface area (Å²) in [7, 11) is 0. The van der Waals surface area contributed by atoms with Gasteiger partial charge in [-0.3, -0.25) is 4.79 Å². The molecule has 8 heteroatoms. The molecule has 0 heterocycles. The summed E-state index contributed by atoms with van der Waals surface area (Å²) >= 11 is 0. The van der Waals surface area contributed by atoms with Gasteiger partial charge < -0.3 is 25.3 Å². The second-order valence-corrected chi connectivity index (χ2v) is 12.7. The van der Waals surface area contributed by atoms with E-state index in [-0.39, 0.29) is 22.9 Å². The Labute approximate surface area is 307 Å². The van der Waals surface area contributed by atoms with Gasteiger partial charge in [0.05, 0.1) is 6.61 Å². The molecule has 0 aliphatic carbocycles. The number of hydrogen-bond acceptors (Lipinski definition) is 5. The highest BCUT2D eigenvalue weighted by molar-refractivity contribution is 5.92. The van der Waals surface area contributed by atoms with Crippen LogP contribution in [0.1, 0.15) is 74.0 Å². The van der Waals surface area contributed by atoms with E-state index in [2.05, 4.69) is 31.3 Å². The third-order valence-electron chi connectivity index (χ3n) is 7.96. The lowest BCUT2D eigenvalue weighted by Gasteiger charge is -2.25. The number of nitrogens with two attached hydrogens (primary N) is 1. The van der Waals surface area contributed by atoms with Gasteiger partial charge in [0.15, 0.2) is 11.6 Å². The third kappa shape index (κ3) is 14.7. The SMILES string of the molecule is CCCNC(=O)Oc1cccc(C)c1.CCOc1ccc(C(C)(C)CCCc2ccc(F)c(Oc3ccccc3)c2)cc1.NC(=O)c1ccccc1. The second-order valence-electron chi connectivity index (χ2n) is 12.7. The number of carbonyl (C=O) groups excluding carboxylic acids is 2. The van der Waals surface area contributed by atoms with Crippen LogP contribution in [-0.4, -0.2) is 25.2 Å². The lowest BCUT2D eigenvalue weighted by Crippen LogP contribution is -2.27. The lowest BCUT2D eigenvalue weighted by molar-refractivity contribution is 0.1000. The highest BCUT2D eigenvalue weighted by atomic mass is 19.1. The highest BCUT2D eigenvalue weighted by Crippen LogP contribution is 2.31. The zero-order valence-electron chi connectivity index (χ0n) is 30.9. The second kappa shape index (κ2) is 21.6. The van der Waals surface area contributed by atoms with Gasteiger partial charge in [-0.2, -0.15) is 0 Å².